The number of nitrogens with zero attached hydrogens (tertiary/aromatic N) is 1. The highest BCUT2D eigenvalue weighted by Crippen LogP contribution is 1.88. The Morgan fingerprint density at radius 1 is 1.46 bits per heavy atom. The van der Waals surface area contributed by atoms with E-state index in [4.69, 9.17) is 15.9 Å². The number of carbonyl (C=O) groups excluding carboxylic acids is 1. The number of hydrogen-bond donors (Lipinski definition) is 6. The van der Waals surface area contributed by atoms with Gasteiger partial charge >= 0.3 is 5.97 Å². The third-order valence-corrected chi connectivity index (χ3v) is 2.21. The summed E-state index contributed by atoms with van der Waals surface area (Å²) in [7, 11) is 0. The van der Waals surface area contributed by atoms with Crippen LogP contribution in [-0.4, -0.2) is 57.4 Å². The number of aromatic amines is 1. The van der Waals surface area contributed by atoms with Crippen molar-refractivity contribution in [2.24, 2.45) is 5.73 Å². The van der Waals surface area contributed by atoms with E-state index in [1.165, 1.54) is 6.08 Å². The highest BCUT2D eigenvalue weighted by Gasteiger charge is 2.07. The first kappa shape index (κ1) is 23.8. The fourth-order valence-electron chi connectivity index (χ4n) is 0.871. The molecule has 1 heterocycles. The second kappa shape index (κ2) is 15.4. The summed E-state index contributed by atoms with van der Waals surface area (Å²) in [5.74, 6) is -1.32. The van der Waals surface area contributed by atoms with E-state index in [1.807, 2.05) is 13.8 Å². The Morgan fingerprint density at radius 2 is 2.08 bits per heavy atom. The van der Waals surface area contributed by atoms with Gasteiger partial charge in [0.2, 0.25) is 5.91 Å². The normalized spacial score (nSPS) is 10.4. The maximum atomic E-state index is 10.5. The summed E-state index contributed by atoms with van der Waals surface area (Å²) in [6.07, 6.45) is 6.30. The lowest BCUT2D eigenvalue weighted by atomic mass is 10.3. The molecule has 1 unspecified atom stereocenters. The minimum Gasteiger partial charge on any atom is -0.480 e. The highest BCUT2D eigenvalue weighted by atomic mass is 16.4. The monoisotopic (exact) mass is 341 g/mol. The van der Waals surface area contributed by atoms with Crippen LogP contribution in [0.15, 0.2) is 31.8 Å². The molecule has 0 spiro atoms. The molecule has 0 aliphatic heterocycles. The van der Waals surface area contributed by atoms with Crippen molar-refractivity contribution in [2.75, 3.05) is 13.3 Å². The third kappa shape index (κ3) is 15.9. The molecular weight excluding hydrogens is 314 g/mol. The van der Waals surface area contributed by atoms with E-state index in [0.717, 1.165) is 5.69 Å². The van der Waals surface area contributed by atoms with E-state index in [-0.39, 0.29) is 5.91 Å². The van der Waals surface area contributed by atoms with E-state index in [1.54, 1.807) is 18.6 Å². The van der Waals surface area contributed by atoms with E-state index in [0.29, 0.717) is 12.7 Å². The van der Waals surface area contributed by atoms with Crippen molar-refractivity contribution in [3.05, 3.63) is 37.5 Å². The summed E-state index contributed by atoms with van der Waals surface area (Å²) in [5.41, 5.74) is 5.72. The number of aromatic nitrogens is 2. The molecule has 0 bridgehead atoms. The summed E-state index contributed by atoms with van der Waals surface area (Å²) >= 11 is 0. The van der Waals surface area contributed by atoms with Gasteiger partial charge in [-0.3, -0.25) is 14.9 Å². The van der Waals surface area contributed by atoms with Crippen molar-refractivity contribution in [3.8, 4) is 0 Å². The predicted octanol–water partition coefficient (Wildman–Crippen LogP) is -0.313. The summed E-state index contributed by atoms with van der Waals surface area (Å²) in [6.45, 7) is 10.9. The van der Waals surface area contributed by atoms with Gasteiger partial charge in [0, 0.05) is 6.04 Å². The molecule has 0 aliphatic carbocycles. The molecular formula is C15H27N5O4. The number of carboxylic acids is 1. The highest BCUT2D eigenvalue weighted by molar-refractivity contribution is 5.86. The number of nitrogens with one attached hydrogen (secondary N) is 3. The van der Waals surface area contributed by atoms with Crippen molar-refractivity contribution in [1.29, 1.82) is 0 Å². The van der Waals surface area contributed by atoms with Gasteiger partial charge in [-0.1, -0.05) is 13.2 Å². The number of H-pyrrole nitrogens is 1. The summed E-state index contributed by atoms with van der Waals surface area (Å²) in [5, 5.41) is 21.5. The summed E-state index contributed by atoms with van der Waals surface area (Å²) < 4.78 is 0. The van der Waals surface area contributed by atoms with E-state index >= 15 is 0 Å². The zero-order chi connectivity index (χ0) is 19.0. The molecule has 0 fully saturated rings. The van der Waals surface area contributed by atoms with Crippen LogP contribution in [-0.2, 0) is 9.59 Å². The lowest BCUT2D eigenvalue weighted by molar-refractivity contribution is -0.139. The average molecular weight is 341 g/mol. The number of aliphatic carboxylic acids is 1. The molecule has 9 nitrogen and oxygen atoms in total. The molecule has 1 amide bonds. The van der Waals surface area contributed by atoms with Crippen molar-refractivity contribution < 1.29 is 19.8 Å². The fraction of sp³-hybridized carbons (Fsp3) is 0.400. The molecule has 136 valence electrons. The van der Waals surface area contributed by atoms with Crippen molar-refractivity contribution in [2.45, 2.75) is 25.9 Å². The third-order valence-electron chi connectivity index (χ3n) is 2.21. The van der Waals surface area contributed by atoms with Gasteiger partial charge in [0.1, 0.15) is 6.04 Å². The number of nitrogens with two attached hydrogens (primary N) is 1. The van der Waals surface area contributed by atoms with Crippen molar-refractivity contribution in [1.82, 2.24) is 20.6 Å². The lowest BCUT2D eigenvalue weighted by Crippen LogP contribution is -2.36. The van der Waals surface area contributed by atoms with Gasteiger partial charge < -0.3 is 26.2 Å². The number of carbonyl (C=O) groups is 2. The predicted molar refractivity (Wildman–Crippen MR) is 92.9 cm³/mol. The fourth-order valence-corrected chi connectivity index (χ4v) is 0.871. The van der Waals surface area contributed by atoms with Crippen LogP contribution in [0.1, 0.15) is 19.5 Å². The summed E-state index contributed by atoms with van der Waals surface area (Å²) in [4.78, 5) is 26.8. The molecule has 7 N–H and O–H groups in total. The Bertz CT molecular complexity index is 474. The van der Waals surface area contributed by atoms with Crippen LogP contribution in [0.25, 0.3) is 6.08 Å². The molecule has 0 aliphatic rings. The Hall–Kier alpha value is -2.49. The number of imidazole rings is 1. The van der Waals surface area contributed by atoms with E-state index < -0.39 is 18.6 Å². The zero-order valence-electron chi connectivity index (χ0n) is 14.0. The second-order valence-corrected chi connectivity index (χ2v) is 4.62. The second-order valence-electron chi connectivity index (χ2n) is 4.62. The van der Waals surface area contributed by atoms with E-state index in [9.17, 15) is 9.59 Å². The van der Waals surface area contributed by atoms with Gasteiger partial charge in [0.05, 0.1) is 31.5 Å². The first-order valence-corrected chi connectivity index (χ1v) is 7.12. The maximum absolute atomic E-state index is 10.5. The number of aliphatic hydroxyl groups is 1. The van der Waals surface area contributed by atoms with Crippen LogP contribution in [0.4, 0.5) is 0 Å². The maximum Gasteiger partial charge on any atom is 0.322 e. The Balaban J connectivity index is 0. The Labute approximate surface area is 141 Å². The van der Waals surface area contributed by atoms with Gasteiger partial charge in [-0.05, 0) is 26.0 Å². The number of hydrogen-bond acceptors (Lipinski definition) is 6. The lowest BCUT2D eigenvalue weighted by Gasteiger charge is -2.07. The molecule has 0 radical (unpaired) electrons. The average Bonchev–Trinajstić information content (AvgIpc) is 3.08. The topological polar surface area (TPSA) is 153 Å². The smallest absolute Gasteiger partial charge is 0.322 e. The molecule has 1 rings (SSSR count). The number of aliphatic hydroxyl groups excluding tert-OH is 1. The standard InChI is InChI=1S/C7H14N2O.C5H6N2.C3H7NO3/c1-4-7(10)9-5-8-6(2)3;1-2-5-3-6-4-7-5;4-2(1-5)3(6)7/h4,6,8H,1,5H2,2-3H3,(H,9,10);2-4H,1H2,(H,6,7);2,5H,1,4H2,(H,6,7). The molecule has 24 heavy (non-hydrogen) atoms. The minimum absolute atomic E-state index is 0.145. The summed E-state index contributed by atoms with van der Waals surface area (Å²) in [6, 6.07) is -0.731. The van der Waals surface area contributed by atoms with Crippen LogP contribution >= 0.6 is 0 Å². The van der Waals surface area contributed by atoms with Crippen molar-refractivity contribution >= 4 is 18.0 Å². The Kier molecular flexibility index (Phi) is 15.3. The van der Waals surface area contributed by atoms with Crippen LogP contribution in [0.3, 0.4) is 0 Å². The first-order chi connectivity index (χ1) is 11.3. The molecule has 9 heteroatoms. The van der Waals surface area contributed by atoms with E-state index in [2.05, 4.69) is 33.8 Å². The number of carboxylic acid groups (broad SMARTS) is 1. The largest absolute Gasteiger partial charge is 0.480 e. The van der Waals surface area contributed by atoms with Gasteiger partial charge in [-0.25, -0.2) is 4.98 Å². The molecule has 0 aromatic carbocycles. The number of rotatable bonds is 7. The SMILES string of the molecule is C=CC(=O)NCNC(C)C.C=Cc1cnc[nH]1.NC(CO)C(=O)O. The zero-order valence-corrected chi connectivity index (χ0v) is 14.0. The van der Waals surface area contributed by atoms with Gasteiger partial charge in [-0.15, -0.1) is 0 Å². The Morgan fingerprint density at radius 3 is 2.33 bits per heavy atom. The van der Waals surface area contributed by atoms with Gasteiger partial charge in [-0.2, -0.15) is 0 Å². The number of amides is 1. The van der Waals surface area contributed by atoms with Gasteiger partial charge in [0.25, 0.3) is 0 Å². The van der Waals surface area contributed by atoms with Crippen LogP contribution in [0.2, 0.25) is 0 Å². The van der Waals surface area contributed by atoms with Crippen LogP contribution < -0.4 is 16.4 Å². The molecule has 0 saturated heterocycles. The molecule has 1 atom stereocenters. The van der Waals surface area contributed by atoms with Crippen LogP contribution in [0, 0.1) is 0 Å². The molecule has 1 aromatic heterocycles. The minimum atomic E-state index is -1.18. The first-order valence-electron chi connectivity index (χ1n) is 7.12. The van der Waals surface area contributed by atoms with Crippen molar-refractivity contribution in [3.63, 3.8) is 0 Å². The van der Waals surface area contributed by atoms with Crippen LogP contribution in [0.5, 0.6) is 0 Å². The molecule has 0 saturated carbocycles. The molecule has 1 aromatic rings. The van der Waals surface area contributed by atoms with Gasteiger partial charge in [0.15, 0.2) is 0 Å². The quantitative estimate of drug-likeness (QED) is 0.294.